The van der Waals surface area contributed by atoms with Crippen molar-refractivity contribution in [2.45, 2.75) is 32.2 Å². The summed E-state index contributed by atoms with van der Waals surface area (Å²) in [6.45, 7) is 5.99. The maximum atomic E-state index is 14.1. The van der Waals surface area contributed by atoms with Gasteiger partial charge in [-0.25, -0.2) is 8.78 Å². The molecule has 0 saturated carbocycles. The lowest BCUT2D eigenvalue weighted by atomic mass is 9.85. The molecule has 0 radical (unpaired) electrons. The van der Waals surface area contributed by atoms with Crippen molar-refractivity contribution in [1.82, 2.24) is 4.98 Å². The second-order valence-electron chi connectivity index (χ2n) is 9.21. The maximum Gasteiger partial charge on any atom is 0.300 e. The fourth-order valence-corrected chi connectivity index (χ4v) is 4.10. The van der Waals surface area contributed by atoms with E-state index in [0.29, 0.717) is 11.3 Å². The van der Waals surface area contributed by atoms with E-state index in [1.54, 1.807) is 24.3 Å². The Balaban J connectivity index is 1.99. The number of rotatable bonds is 4. The molecule has 1 unspecified atom stereocenters. The normalized spacial score (nSPS) is 17.7. The van der Waals surface area contributed by atoms with E-state index in [1.807, 2.05) is 26.8 Å². The lowest BCUT2D eigenvalue weighted by molar-refractivity contribution is -0.132. The molecule has 1 saturated heterocycles. The third-order valence-corrected chi connectivity index (χ3v) is 5.97. The molecule has 2 heterocycles. The van der Waals surface area contributed by atoms with Crippen LogP contribution < -0.4 is 9.64 Å². The number of ether oxygens (including phenoxy) is 1. The summed E-state index contributed by atoms with van der Waals surface area (Å²) in [7, 11) is 1.43. The number of pyridine rings is 1. The highest BCUT2D eigenvalue weighted by Crippen LogP contribution is 2.44. The molecule has 0 bridgehead atoms. The zero-order chi connectivity index (χ0) is 25.5. The molecule has 180 valence electrons. The number of hydrogen-bond acceptors (Lipinski definition) is 5. The summed E-state index contributed by atoms with van der Waals surface area (Å²) >= 11 is 0. The number of aliphatic hydroxyl groups is 1. The Bertz CT molecular complexity index is 1350. The van der Waals surface area contributed by atoms with Crippen LogP contribution in [-0.4, -0.2) is 28.9 Å². The molecule has 1 atom stereocenters. The highest BCUT2D eigenvalue weighted by Gasteiger charge is 2.47. The number of aromatic nitrogens is 1. The molecule has 1 N–H and O–H groups in total. The van der Waals surface area contributed by atoms with Gasteiger partial charge in [0, 0.05) is 24.1 Å². The van der Waals surface area contributed by atoms with Gasteiger partial charge >= 0.3 is 0 Å². The Morgan fingerprint density at radius 1 is 1.00 bits per heavy atom. The molecule has 1 amide bonds. The van der Waals surface area contributed by atoms with Gasteiger partial charge in [0.2, 0.25) is 0 Å². The second kappa shape index (κ2) is 8.94. The van der Waals surface area contributed by atoms with Gasteiger partial charge in [-0.3, -0.25) is 19.5 Å². The molecule has 1 aliphatic rings. The standard InChI is InChI=1S/C27H24F2N2O4/c1-27(2,3)16-5-8-21(35-4)18(13-16)24(32)22-23(15-9-11-30-12-10-15)31(26(34)25(22)33)17-6-7-19(28)20(29)14-17/h5-14,23,32H,1-4H3/b24-22+. The van der Waals surface area contributed by atoms with Crippen LogP contribution in [0.25, 0.3) is 5.76 Å². The molecule has 6 nitrogen and oxygen atoms in total. The summed E-state index contributed by atoms with van der Waals surface area (Å²) in [5.41, 5.74) is 1.07. The Kier molecular flexibility index (Phi) is 6.15. The van der Waals surface area contributed by atoms with Crippen LogP contribution in [0.4, 0.5) is 14.5 Å². The fourth-order valence-electron chi connectivity index (χ4n) is 4.10. The van der Waals surface area contributed by atoms with Gasteiger partial charge in [0.15, 0.2) is 11.6 Å². The van der Waals surface area contributed by atoms with Crippen LogP contribution in [-0.2, 0) is 15.0 Å². The molecular weight excluding hydrogens is 454 g/mol. The quantitative estimate of drug-likeness (QED) is 0.313. The van der Waals surface area contributed by atoms with E-state index in [-0.39, 0.29) is 22.2 Å². The number of halogens is 2. The smallest absolute Gasteiger partial charge is 0.300 e. The third kappa shape index (κ3) is 4.27. The Morgan fingerprint density at radius 2 is 1.69 bits per heavy atom. The molecular formula is C27H24F2N2O4. The Hall–Kier alpha value is -4.07. The summed E-state index contributed by atoms with van der Waals surface area (Å²) in [5, 5.41) is 11.5. The highest BCUT2D eigenvalue weighted by molar-refractivity contribution is 6.51. The fraction of sp³-hybridized carbons (Fsp3) is 0.222. The molecule has 1 aliphatic heterocycles. The van der Waals surface area contributed by atoms with Crippen molar-refractivity contribution in [3.05, 3.63) is 94.8 Å². The number of nitrogens with zero attached hydrogens (tertiary/aromatic N) is 2. The number of hydrogen-bond donors (Lipinski definition) is 1. The van der Waals surface area contributed by atoms with Gasteiger partial charge < -0.3 is 9.84 Å². The van der Waals surface area contributed by atoms with Crippen molar-refractivity contribution in [2.24, 2.45) is 0 Å². The Morgan fingerprint density at radius 3 is 2.29 bits per heavy atom. The summed E-state index contributed by atoms with van der Waals surface area (Å²) < 4.78 is 33.1. The number of Topliss-reactive ketones (excluding diaryl/α,β-unsaturated/α-hetero) is 1. The van der Waals surface area contributed by atoms with Crippen molar-refractivity contribution in [1.29, 1.82) is 0 Å². The van der Waals surface area contributed by atoms with E-state index >= 15 is 0 Å². The maximum absolute atomic E-state index is 14.1. The van der Waals surface area contributed by atoms with Crippen LogP contribution in [0.15, 0.2) is 66.5 Å². The van der Waals surface area contributed by atoms with Crippen LogP contribution in [0.1, 0.15) is 43.5 Å². The van der Waals surface area contributed by atoms with Crippen molar-refractivity contribution in [2.75, 3.05) is 12.0 Å². The highest BCUT2D eigenvalue weighted by atomic mass is 19.2. The topological polar surface area (TPSA) is 79.7 Å². The molecule has 0 aliphatic carbocycles. The molecule has 1 fully saturated rings. The van der Waals surface area contributed by atoms with Crippen molar-refractivity contribution < 1.29 is 28.2 Å². The predicted octanol–water partition coefficient (Wildman–Crippen LogP) is 5.29. The predicted molar refractivity (Wildman–Crippen MR) is 127 cm³/mol. The van der Waals surface area contributed by atoms with E-state index in [2.05, 4.69) is 4.98 Å². The average Bonchev–Trinajstić information content (AvgIpc) is 3.10. The number of ketones is 1. The molecule has 4 rings (SSSR count). The monoisotopic (exact) mass is 478 g/mol. The number of aliphatic hydroxyl groups excluding tert-OH is 1. The first-order valence-corrected chi connectivity index (χ1v) is 10.9. The zero-order valence-electron chi connectivity index (χ0n) is 19.7. The summed E-state index contributed by atoms with van der Waals surface area (Å²) in [4.78, 5) is 31.5. The van der Waals surface area contributed by atoms with Crippen molar-refractivity contribution in [3.63, 3.8) is 0 Å². The van der Waals surface area contributed by atoms with E-state index in [1.165, 1.54) is 25.6 Å². The summed E-state index contributed by atoms with van der Waals surface area (Å²) in [6, 6.07) is 10.2. The van der Waals surface area contributed by atoms with Crippen LogP contribution >= 0.6 is 0 Å². The number of carbonyl (C=O) groups excluding carboxylic acids is 2. The summed E-state index contributed by atoms with van der Waals surface area (Å²) in [5.74, 6) is -4.32. The van der Waals surface area contributed by atoms with Gasteiger partial charge in [0.25, 0.3) is 11.7 Å². The number of benzene rings is 2. The first-order valence-electron chi connectivity index (χ1n) is 10.9. The largest absolute Gasteiger partial charge is 0.507 e. The molecule has 3 aromatic rings. The van der Waals surface area contributed by atoms with Gasteiger partial charge in [-0.05, 0) is 52.9 Å². The van der Waals surface area contributed by atoms with Crippen LogP contribution in [0.2, 0.25) is 0 Å². The van der Waals surface area contributed by atoms with E-state index in [9.17, 15) is 23.5 Å². The lowest BCUT2D eigenvalue weighted by Gasteiger charge is -2.26. The summed E-state index contributed by atoms with van der Waals surface area (Å²) in [6.07, 6.45) is 2.95. The van der Waals surface area contributed by atoms with E-state index in [4.69, 9.17) is 4.74 Å². The SMILES string of the molecule is COc1ccc(C(C)(C)C)cc1/C(O)=C1\C(=O)C(=O)N(c2ccc(F)c(F)c2)C1c1ccncc1. The first-order chi connectivity index (χ1) is 16.5. The molecule has 2 aromatic carbocycles. The van der Waals surface area contributed by atoms with Gasteiger partial charge in [-0.2, -0.15) is 0 Å². The molecule has 8 heteroatoms. The second-order valence-corrected chi connectivity index (χ2v) is 9.21. The first kappa shape index (κ1) is 24.1. The molecule has 0 spiro atoms. The van der Waals surface area contributed by atoms with Gasteiger partial charge in [0.1, 0.15) is 11.5 Å². The minimum Gasteiger partial charge on any atom is -0.507 e. The van der Waals surface area contributed by atoms with E-state index < -0.39 is 35.1 Å². The minimum absolute atomic E-state index is 0.0257. The van der Waals surface area contributed by atoms with Crippen LogP contribution in [0.3, 0.4) is 0 Å². The third-order valence-electron chi connectivity index (χ3n) is 5.97. The number of methoxy groups -OCH3 is 1. The minimum atomic E-state index is -1.17. The van der Waals surface area contributed by atoms with Gasteiger partial charge in [-0.15, -0.1) is 0 Å². The Labute approximate surface area is 201 Å². The van der Waals surface area contributed by atoms with Crippen molar-refractivity contribution in [3.8, 4) is 5.75 Å². The van der Waals surface area contributed by atoms with Gasteiger partial charge in [-0.1, -0.05) is 26.8 Å². The number of carbonyl (C=O) groups is 2. The van der Waals surface area contributed by atoms with Crippen molar-refractivity contribution >= 4 is 23.1 Å². The zero-order valence-corrected chi connectivity index (χ0v) is 19.7. The van der Waals surface area contributed by atoms with Crippen LogP contribution in [0.5, 0.6) is 5.75 Å². The lowest BCUT2D eigenvalue weighted by Crippen LogP contribution is -2.29. The van der Waals surface area contributed by atoms with Crippen LogP contribution in [0, 0.1) is 11.6 Å². The van der Waals surface area contributed by atoms with Gasteiger partial charge in [0.05, 0.1) is 24.3 Å². The number of anilines is 1. The molecule has 1 aromatic heterocycles. The number of amides is 1. The van der Waals surface area contributed by atoms with E-state index in [0.717, 1.165) is 22.6 Å². The average molecular weight is 478 g/mol. The molecule has 35 heavy (non-hydrogen) atoms.